The highest BCUT2D eigenvalue weighted by atomic mass is 79.9. The third-order valence-corrected chi connectivity index (χ3v) is 4.97. The first-order valence-electron chi connectivity index (χ1n) is 8.96. The Morgan fingerprint density at radius 1 is 1.14 bits per heavy atom. The van der Waals surface area contributed by atoms with Gasteiger partial charge < -0.3 is 10.1 Å². The number of rotatable bonds is 5. The second-order valence-electron chi connectivity index (χ2n) is 6.77. The highest BCUT2D eigenvalue weighted by Crippen LogP contribution is 2.32. The molecule has 29 heavy (non-hydrogen) atoms. The average molecular weight is 475 g/mol. The first-order valence-corrected chi connectivity index (χ1v) is 9.75. The van der Waals surface area contributed by atoms with Crippen molar-refractivity contribution in [1.82, 2.24) is 4.90 Å². The van der Waals surface area contributed by atoms with Crippen LogP contribution < -0.4 is 5.32 Å². The van der Waals surface area contributed by atoms with Crippen LogP contribution in [0.4, 0.5) is 23.2 Å². The molecule has 1 heterocycles. The molecular formula is C20H19BrF4N2O2. The summed E-state index contributed by atoms with van der Waals surface area (Å²) < 4.78 is 59.6. The molecule has 156 valence electrons. The Labute approximate surface area is 174 Å². The van der Waals surface area contributed by atoms with Gasteiger partial charge in [-0.25, -0.2) is 4.39 Å². The number of carbonyl (C=O) groups excluding carboxylic acids is 1. The Kier molecular flexibility index (Phi) is 6.92. The van der Waals surface area contributed by atoms with Crippen molar-refractivity contribution < 1.29 is 27.1 Å². The van der Waals surface area contributed by atoms with Crippen molar-refractivity contribution in [2.45, 2.75) is 19.1 Å². The molecule has 0 aliphatic carbocycles. The van der Waals surface area contributed by atoms with Gasteiger partial charge in [-0.3, -0.25) is 9.69 Å². The molecule has 0 unspecified atom stereocenters. The number of alkyl halides is 3. The fraction of sp³-hybridized carbons (Fsp3) is 0.350. The molecule has 3 rings (SSSR count). The number of anilines is 1. The van der Waals surface area contributed by atoms with Crippen molar-refractivity contribution in [3.05, 3.63) is 63.4 Å². The summed E-state index contributed by atoms with van der Waals surface area (Å²) in [5.74, 6) is -1.16. The van der Waals surface area contributed by atoms with Crippen molar-refractivity contribution in [3.8, 4) is 0 Å². The average Bonchev–Trinajstić information content (AvgIpc) is 2.64. The van der Waals surface area contributed by atoms with E-state index in [0.717, 1.165) is 12.1 Å². The molecule has 1 amide bonds. The minimum absolute atomic E-state index is 0.0330. The lowest BCUT2D eigenvalue weighted by molar-refractivity contribution is -0.137. The van der Waals surface area contributed by atoms with Crippen LogP contribution in [-0.2, 0) is 28.7 Å². The second kappa shape index (κ2) is 9.23. The van der Waals surface area contributed by atoms with Crippen LogP contribution in [-0.4, -0.2) is 37.1 Å². The van der Waals surface area contributed by atoms with Crippen molar-refractivity contribution >= 4 is 27.5 Å². The molecule has 0 saturated carbocycles. The van der Waals surface area contributed by atoms with Crippen molar-refractivity contribution in [1.29, 1.82) is 0 Å². The number of ether oxygens (including phenoxy) is 1. The standard InChI is InChI=1S/C20H19BrF4N2O2/c21-16-2-1-14(18(22)11-16)9-19(28)26-17-8-13(7-15(10-17)20(23,24)25)12-27-3-5-29-6-4-27/h1-2,7-8,10-11H,3-6,9,12H2,(H,26,28). The first-order chi connectivity index (χ1) is 13.7. The molecule has 9 heteroatoms. The van der Waals surface area contributed by atoms with E-state index in [1.807, 2.05) is 4.90 Å². The van der Waals surface area contributed by atoms with Crippen LogP contribution in [0.2, 0.25) is 0 Å². The molecule has 1 fully saturated rings. The maximum absolute atomic E-state index is 13.9. The Hall–Kier alpha value is -1.97. The van der Waals surface area contributed by atoms with E-state index >= 15 is 0 Å². The lowest BCUT2D eigenvalue weighted by Gasteiger charge is -2.27. The number of carbonyl (C=O) groups is 1. The molecule has 1 aliphatic heterocycles. The number of benzene rings is 2. The highest BCUT2D eigenvalue weighted by Gasteiger charge is 2.31. The van der Waals surface area contributed by atoms with Gasteiger partial charge in [-0.2, -0.15) is 13.2 Å². The fourth-order valence-corrected chi connectivity index (χ4v) is 3.41. The van der Waals surface area contributed by atoms with Gasteiger partial charge in [0.25, 0.3) is 0 Å². The zero-order valence-electron chi connectivity index (χ0n) is 15.4. The summed E-state index contributed by atoms with van der Waals surface area (Å²) in [6, 6.07) is 7.76. The zero-order valence-corrected chi connectivity index (χ0v) is 16.9. The molecule has 2 aromatic rings. The number of morpholine rings is 1. The SMILES string of the molecule is O=C(Cc1ccc(Br)cc1F)Nc1cc(CN2CCOCC2)cc(C(F)(F)F)c1. The maximum atomic E-state index is 13.9. The van der Waals surface area contributed by atoms with Gasteiger partial charge >= 0.3 is 6.18 Å². The number of hydrogen-bond acceptors (Lipinski definition) is 3. The van der Waals surface area contributed by atoms with Gasteiger partial charge in [-0.1, -0.05) is 22.0 Å². The Morgan fingerprint density at radius 2 is 1.86 bits per heavy atom. The van der Waals surface area contributed by atoms with Crippen LogP contribution in [0.1, 0.15) is 16.7 Å². The predicted octanol–water partition coefficient (Wildman–Crippen LogP) is 4.62. The van der Waals surface area contributed by atoms with Gasteiger partial charge in [0.2, 0.25) is 5.91 Å². The third kappa shape index (κ3) is 6.25. The summed E-state index contributed by atoms with van der Waals surface area (Å²) in [7, 11) is 0. The van der Waals surface area contributed by atoms with E-state index in [9.17, 15) is 22.4 Å². The summed E-state index contributed by atoms with van der Waals surface area (Å²) in [4.78, 5) is 14.3. The van der Waals surface area contributed by atoms with Crippen LogP contribution in [0.25, 0.3) is 0 Å². The summed E-state index contributed by atoms with van der Waals surface area (Å²) >= 11 is 3.13. The third-order valence-electron chi connectivity index (χ3n) is 4.48. The minimum Gasteiger partial charge on any atom is -0.379 e. The quantitative estimate of drug-likeness (QED) is 0.642. The van der Waals surface area contributed by atoms with Crippen LogP contribution in [0, 0.1) is 5.82 Å². The Balaban J connectivity index is 1.77. The zero-order chi connectivity index (χ0) is 21.0. The summed E-state index contributed by atoms with van der Waals surface area (Å²) in [5, 5.41) is 2.46. The van der Waals surface area contributed by atoms with Crippen LogP contribution in [0.5, 0.6) is 0 Å². The summed E-state index contributed by atoms with van der Waals surface area (Å²) in [6.07, 6.45) is -4.83. The van der Waals surface area contributed by atoms with Gasteiger partial charge in [0.1, 0.15) is 5.82 Å². The smallest absolute Gasteiger partial charge is 0.379 e. The van der Waals surface area contributed by atoms with Gasteiger partial charge in [-0.05, 0) is 41.5 Å². The van der Waals surface area contributed by atoms with Gasteiger partial charge in [0.05, 0.1) is 25.2 Å². The van der Waals surface area contributed by atoms with Gasteiger partial charge in [0.15, 0.2) is 0 Å². The molecule has 4 nitrogen and oxygen atoms in total. The molecule has 1 saturated heterocycles. The molecule has 0 radical (unpaired) electrons. The maximum Gasteiger partial charge on any atom is 0.416 e. The topological polar surface area (TPSA) is 41.6 Å². The van der Waals surface area contributed by atoms with E-state index in [4.69, 9.17) is 4.74 Å². The van der Waals surface area contributed by atoms with Crippen LogP contribution in [0.15, 0.2) is 40.9 Å². The normalized spacial score (nSPS) is 15.3. The van der Waals surface area contributed by atoms with Crippen molar-refractivity contribution in [3.63, 3.8) is 0 Å². The van der Waals surface area contributed by atoms with Crippen LogP contribution >= 0.6 is 15.9 Å². The summed E-state index contributed by atoms with van der Waals surface area (Å²) in [5.41, 5.74) is -0.211. The molecule has 1 aliphatic rings. The fourth-order valence-electron chi connectivity index (χ4n) is 3.08. The highest BCUT2D eigenvalue weighted by molar-refractivity contribution is 9.10. The largest absolute Gasteiger partial charge is 0.416 e. The van der Waals surface area contributed by atoms with Crippen LogP contribution in [0.3, 0.4) is 0 Å². The first kappa shape index (κ1) is 21.7. The van der Waals surface area contributed by atoms with Crippen molar-refractivity contribution in [2.24, 2.45) is 0 Å². The molecule has 0 spiro atoms. The van der Waals surface area contributed by atoms with E-state index in [1.54, 1.807) is 6.07 Å². The van der Waals surface area contributed by atoms with E-state index in [1.165, 1.54) is 18.2 Å². The minimum atomic E-state index is -4.54. The Morgan fingerprint density at radius 3 is 2.52 bits per heavy atom. The number of amides is 1. The molecule has 0 bridgehead atoms. The molecule has 2 aromatic carbocycles. The number of nitrogens with one attached hydrogen (secondary N) is 1. The lowest BCUT2D eigenvalue weighted by atomic mass is 10.1. The predicted molar refractivity (Wildman–Crippen MR) is 104 cm³/mol. The summed E-state index contributed by atoms with van der Waals surface area (Å²) in [6.45, 7) is 2.63. The van der Waals surface area contributed by atoms with Crippen molar-refractivity contribution in [2.75, 3.05) is 31.6 Å². The lowest BCUT2D eigenvalue weighted by Crippen LogP contribution is -2.35. The van der Waals surface area contributed by atoms with Gasteiger partial charge in [-0.15, -0.1) is 0 Å². The monoisotopic (exact) mass is 474 g/mol. The Bertz CT molecular complexity index is 883. The molecular weight excluding hydrogens is 456 g/mol. The molecule has 0 atom stereocenters. The van der Waals surface area contributed by atoms with E-state index in [2.05, 4.69) is 21.2 Å². The second-order valence-corrected chi connectivity index (χ2v) is 7.68. The van der Waals surface area contributed by atoms with E-state index in [-0.39, 0.29) is 17.7 Å². The number of halogens is 5. The van der Waals surface area contributed by atoms with E-state index < -0.39 is 23.5 Å². The molecule has 1 N–H and O–H groups in total. The molecule has 0 aromatic heterocycles. The van der Waals surface area contributed by atoms with Gasteiger partial charge in [0, 0.05) is 29.8 Å². The number of hydrogen-bond donors (Lipinski definition) is 1. The van der Waals surface area contributed by atoms with E-state index in [0.29, 0.717) is 42.9 Å². The number of nitrogens with zero attached hydrogens (tertiary/aromatic N) is 1.